The van der Waals surface area contributed by atoms with Gasteiger partial charge in [0.05, 0.1) is 13.2 Å². The number of hydrogen-bond donors (Lipinski definition) is 1. The Balaban J connectivity index is 1.52. The van der Waals surface area contributed by atoms with Crippen LogP contribution in [-0.2, 0) is 21.5 Å². The molecule has 2 heterocycles. The van der Waals surface area contributed by atoms with Crippen LogP contribution in [0.4, 0.5) is 0 Å². The smallest absolute Gasteiger partial charge is 0.279 e. The van der Waals surface area contributed by atoms with E-state index in [1.807, 2.05) is 18.2 Å². The molecular weight excluding hydrogens is 302 g/mol. The quantitative estimate of drug-likeness (QED) is 0.853. The van der Waals surface area contributed by atoms with E-state index in [-0.39, 0.29) is 6.04 Å². The zero-order valence-electron chi connectivity index (χ0n) is 12.6. The molecule has 122 valence electrons. The first kappa shape index (κ1) is 15.9. The van der Waals surface area contributed by atoms with Gasteiger partial charge in [-0.2, -0.15) is 17.4 Å². The molecule has 1 N–H and O–H groups in total. The molecule has 0 saturated carbocycles. The van der Waals surface area contributed by atoms with Crippen LogP contribution < -0.4 is 4.72 Å². The fourth-order valence-corrected chi connectivity index (χ4v) is 4.38. The zero-order valence-corrected chi connectivity index (χ0v) is 13.5. The third-order valence-electron chi connectivity index (χ3n) is 4.15. The Hall–Kier alpha value is -0.990. The summed E-state index contributed by atoms with van der Waals surface area (Å²) >= 11 is 0. The topological polar surface area (TPSA) is 61.9 Å². The summed E-state index contributed by atoms with van der Waals surface area (Å²) in [6.07, 6.45) is 0.858. The van der Waals surface area contributed by atoms with Crippen molar-refractivity contribution in [2.45, 2.75) is 19.0 Å². The van der Waals surface area contributed by atoms with Crippen LogP contribution in [0.3, 0.4) is 0 Å². The molecule has 6 nitrogen and oxygen atoms in total. The van der Waals surface area contributed by atoms with Gasteiger partial charge in [0.2, 0.25) is 0 Å². The Morgan fingerprint density at radius 2 is 1.86 bits per heavy atom. The molecule has 7 heteroatoms. The average molecular weight is 325 g/mol. The molecule has 22 heavy (non-hydrogen) atoms. The van der Waals surface area contributed by atoms with Gasteiger partial charge in [0, 0.05) is 38.8 Å². The van der Waals surface area contributed by atoms with Crippen molar-refractivity contribution in [1.29, 1.82) is 0 Å². The molecule has 2 fully saturated rings. The standard InChI is InChI=1S/C15H23N3O3S/c19-22(20,18-8-10-21-11-9-18)16-15-6-7-17(13-15)12-14-4-2-1-3-5-14/h1-5,15-16H,6-13H2/t15-/m0/s1. The Morgan fingerprint density at radius 1 is 1.14 bits per heavy atom. The predicted molar refractivity (Wildman–Crippen MR) is 84.6 cm³/mol. The highest BCUT2D eigenvalue weighted by Gasteiger charge is 2.30. The van der Waals surface area contributed by atoms with E-state index in [0.717, 1.165) is 26.1 Å². The summed E-state index contributed by atoms with van der Waals surface area (Å²) < 4.78 is 34.2. The van der Waals surface area contributed by atoms with Crippen LogP contribution >= 0.6 is 0 Å². The highest BCUT2D eigenvalue weighted by atomic mass is 32.2. The highest BCUT2D eigenvalue weighted by molar-refractivity contribution is 7.87. The molecule has 1 aromatic carbocycles. The Labute approximate surface area is 132 Å². The Morgan fingerprint density at radius 3 is 2.59 bits per heavy atom. The second-order valence-electron chi connectivity index (χ2n) is 5.84. The van der Waals surface area contributed by atoms with Gasteiger partial charge in [-0.1, -0.05) is 30.3 Å². The number of ether oxygens (including phenoxy) is 1. The first-order chi connectivity index (χ1) is 10.6. The molecule has 0 amide bonds. The van der Waals surface area contributed by atoms with E-state index in [0.29, 0.717) is 26.3 Å². The number of nitrogens with zero attached hydrogens (tertiary/aromatic N) is 2. The summed E-state index contributed by atoms with van der Waals surface area (Å²) in [7, 11) is -3.39. The largest absolute Gasteiger partial charge is 0.379 e. The Bertz CT molecular complexity index is 573. The lowest BCUT2D eigenvalue weighted by Crippen LogP contribution is -2.50. The van der Waals surface area contributed by atoms with Crippen LogP contribution in [0.5, 0.6) is 0 Å². The molecule has 2 aliphatic heterocycles. The van der Waals surface area contributed by atoms with E-state index in [2.05, 4.69) is 21.8 Å². The summed E-state index contributed by atoms with van der Waals surface area (Å²) in [4.78, 5) is 2.29. The molecule has 2 saturated heterocycles. The van der Waals surface area contributed by atoms with Gasteiger partial charge >= 0.3 is 0 Å². The van der Waals surface area contributed by atoms with Crippen molar-refractivity contribution in [2.75, 3.05) is 39.4 Å². The SMILES string of the molecule is O=S(=O)(N[C@H]1CCN(Cc2ccccc2)C1)N1CCOCC1. The van der Waals surface area contributed by atoms with Gasteiger partial charge in [-0.15, -0.1) is 0 Å². The van der Waals surface area contributed by atoms with E-state index < -0.39 is 10.2 Å². The van der Waals surface area contributed by atoms with Crippen LogP contribution in [0.1, 0.15) is 12.0 Å². The van der Waals surface area contributed by atoms with Crippen LogP contribution in [0.25, 0.3) is 0 Å². The lowest BCUT2D eigenvalue weighted by atomic mass is 10.2. The number of morpholine rings is 1. The van der Waals surface area contributed by atoms with Crippen molar-refractivity contribution in [1.82, 2.24) is 13.9 Å². The first-order valence-corrected chi connectivity index (χ1v) is 9.19. The van der Waals surface area contributed by atoms with Crippen molar-refractivity contribution >= 4 is 10.2 Å². The number of hydrogen-bond acceptors (Lipinski definition) is 4. The summed E-state index contributed by atoms with van der Waals surface area (Å²) in [5.74, 6) is 0. The van der Waals surface area contributed by atoms with Crippen molar-refractivity contribution in [3.63, 3.8) is 0 Å². The number of benzene rings is 1. The second kappa shape index (κ2) is 7.06. The molecular formula is C15H23N3O3S. The highest BCUT2D eigenvalue weighted by Crippen LogP contribution is 2.15. The summed E-state index contributed by atoms with van der Waals surface area (Å²) in [6.45, 7) is 4.39. The molecule has 0 radical (unpaired) electrons. The third kappa shape index (κ3) is 4.05. The van der Waals surface area contributed by atoms with Gasteiger partial charge in [-0.3, -0.25) is 4.90 Å². The molecule has 0 spiro atoms. The maximum atomic E-state index is 12.3. The lowest BCUT2D eigenvalue weighted by Gasteiger charge is -2.27. The summed E-state index contributed by atoms with van der Waals surface area (Å²) in [5, 5.41) is 0. The van der Waals surface area contributed by atoms with Crippen LogP contribution in [0.2, 0.25) is 0 Å². The average Bonchev–Trinajstić information content (AvgIpc) is 2.95. The van der Waals surface area contributed by atoms with Crippen LogP contribution in [-0.4, -0.2) is 63.1 Å². The van der Waals surface area contributed by atoms with Gasteiger partial charge in [0.15, 0.2) is 0 Å². The van der Waals surface area contributed by atoms with E-state index in [1.54, 1.807) is 0 Å². The molecule has 1 atom stereocenters. The maximum Gasteiger partial charge on any atom is 0.279 e. The molecule has 0 unspecified atom stereocenters. The van der Waals surface area contributed by atoms with Gasteiger partial charge in [-0.25, -0.2) is 0 Å². The zero-order chi connectivity index (χ0) is 15.4. The normalized spacial score (nSPS) is 24.6. The molecule has 3 rings (SSSR count). The van der Waals surface area contributed by atoms with E-state index >= 15 is 0 Å². The number of likely N-dealkylation sites (tertiary alicyclic amines) is 1. The van der Waals surface area contributed by atoms with Crippen LogP contribution in [0, 0.1) is 0 Å². The summed E-state index contributed by atoms with van der Waals surface area (Å²) in [5.41, 5.74) is 1.26. The van der Waals surface area contributed by atoms with E-state index in [1.165, 1.54) is 9.87 Å². The van der Waals surface area contributed by atoms with Crippen molar-refractivity contribution in [3.8, 4) is 0 Å². The van der Waals surface area contributed by atoms with Crippen LogP contribution in [0.15, 0.2) is 30.3 Å². The second-order valence-corrected chi connectivity index (χ2v) is 7.54. The molecule has 0 bridgehead atoms. The number of rotatable bonds is 5. The fraction of sp³-hybridized carbons (Fsp3) is 0.600. The molecule has 0 aliphatic carbocycles. The molecule has 1 aromatic rings. The maximum absolute atomic E-state index is 12.3. The predicted octanol–water partition coefficient (Wildman–Crippen LogP) is 0.428. The van der Waals surface area contributed by atoms with E-state index in [4.69, 9.17) is 4.74 Å². The van der Waals surface area contributed by atoms with Gasteiger partial charge in [-0.05, 0) is 12.0 Å². The van der Waals surface area contributed by atoms with Crippen molar-refractivity contribution in [3.05, 3.63) is 35.9 Å². The van der Waals surface area contributed by atoms with Gasteiger partial charge in [0.1, 0.15) is 0 Å². The number of nitrogens with one attached hydrogen (secondary N) is 1. The minimum atomic E-state index is -3.39. The minimum Gasteiger partial charge on any atom is -0.379 e. The fourth-order valence-electron chi connectivity index (χ4n) is 2.99. The minimum absolute atomic E-state index is 0.00319. The monoisotopic (exact) mass is 325 g/mol. The van der Waals surface area contributed by atoms with Gasteiger partial charge < -0.3 is 4.74 Å². The molecule has 2 aliphatic rings. The summed E-state index contributed by atoms with van der Waals surface area (Å²) in [6, 6.07) is 10.3. The Kier molecular flexibility index (Phi) is 5.10. The molecule has 0 aromatic heterocycles. The van der Waals surface area contributed by atoms with E-state index in [9.17, 15) is 8.42 Å². The lowest BCUT2D eigenvalue weighted by molar-refractivity contribution is 0.0723. The van der Waals surface area contributed by atoms with Crippen molar-refractivity contribution < 1.29 is 13.2 Å². The van der Waals surface area contributed by atoms with Gasteiger partial charge in [0.25, 0.3) is 10.2 Å². The third-order valence-corrected chi connectivity index (χ3v) is 5.82. The first-order valence-electron chi connectivity index (χ1n) is 7.75. The van der Waals surface area contributed by atoms with Crippen molar-refractivity contribution in [2.24, 2.45) is 0 Å².